The van der Waals surface area contributed by atoms with Crippen LogP contribution in [0, 0.1) is 0 Å². The third kappa shape index (κ3) is 1.69. The van der Waals surface area contributed by atoms with Crippen LogP contribution in [0.15, 0.2) is 47.0 Å². The molecular formula is C15H15Br. The molecule has 0 N–H and O–H groups in total. The molecule has 1 aromatic carbocycles. The van der Waals surface area contributed by atoms with Crippen molar-refractivity contribution in [3.05, 3.63) is 58.1 Å². The Kier molecular flexibility index (Phi) is 3.15. The molecule has 0 radical (unpaired) electrons. The maximum absolute atomic E-state index is 3.91. The zero-order valence-electron chi connectivity index (χ0n) is 9.68. The molecule has 0 atom stereocenters. The van der Waals surface area contributed by atoms with Gasteiger partial charge in [-0.05, 0) is 53.3 Å². The minimum absolute atomic E-state index is 1.06. The average molecular weight is 275 g/mol. The summed E-state index contributed by atoms with van der Waals surface area (Å²) in [5.74, 6) is 0. The number of benzene rings is 1. The van der Waals surface area contributed by atoms with Crippen LogP contribution in [-0.2, 0) is 0 Å². The van der Waals surface area contributed by atoms with Gasteiger partial charge in [0.05, 0.1) is 0 Å². The summed E-state index contributed by atoms with van der Waals surface area (Å²) >= 11 is 3.53. The highest BCUT2D eigenvalue weighted by atomic mass is 79.9. The number of hydrogen-bond donors (Lipinski definition) is 0. The van der Waals surface area contributed by atoms with Crippen LogP contribution in [0.5, 0.6) is 0 Å². The van der Waals surface area contributed by atoms with Crippen molar-refractivity contribution in [3.63, 3.8) is 0 Å². The highest BCUT2D eigenvalue weighted by molar-refractivity contribution is 9.10. The van der Waals surface area contributed by atoms with Crippen LogP contribution in [0.1, 0.15) is 31.4 Å². The van der Waals surface area contributed by atoms with Crippen LogP contribution < -0.4 is 0 Å². The second-order valence-electron chi connectivity index (χ2n) is 3.96. The molecule has 1 heteroatoms. The maximum Gasteiger partial charge on any atom is 0.0181 e. The van der Waals surface area contributed by atoms with Crippen LogP contribution >= 0.6 is 15.9 Å². The second kappa shape index (κ2) is 4.42. The van der Waals surface area contributed by atoms with Gasteiger partial charge in [-0.2, -0.15) is 0 Å². The summed E-state index contributed by atoms with van der Waals surface area (Å²) < 4.78 is 1.13. The first-order valence-corrected chi connectivity index (χ1v) is 6.32. The van der Waals surface area contributed by atoms with E-state index < -0.39 is 0 Å². The summed E-state index contributed by atoms with van der Waals surface area (Å²) in [7, 11) is 0. The summed E-state index contributed by atoms with van der Waals surface area (Å²) in [4.78, 5) is 0. The lowest BCUT2D eigenvalue weighted by atomic mass is 10.0. The summed E-state index contributed by atoms with van der Waals surface area (Å²) in [6, 6.07) is 6.44. The van der Waals surface area contributed by atoms with Crippen molar-refractivity contribution in [2.45, 2.75) is 20.3 Å². The highest BCUT2D eigenvalue weighted by Crippen LogP contribution is 2.42. The minimum Gasteiger partial charge on any atom is -0.0984 e. The van der Waals surface area contributed by atoms with E-state index in [1.807, 2.05) is 6.08 Å². The lowest BCUT2D eigenvalue weighted by Gasteiger charge is -2.03. The maximum atomic E-state index is 3.91. The van der Waals surface area contributed by atoms with Gasteiger partial charge in [-0.1, -0.05) is 47.7 Å². The van der Waals surface area contributed by atoms with Crippen molar-refractivity contribution in [1.82, 2.24) is 0 Å². The summed E-state index contributed by atoms with van der Waals surface area (Å²) in [5.41, 5.74) is 6.58. The van der Waals surface area contributed by atoms with Gasteiger partial charge in [0.25, 0.3) is 0 Å². The van der Waals surface area contributed by atoms with Crippen molar-refractivity contribution < 1.29 is 0 Å². The molecule has 0 saturated carbocycles. The monoisotopic (exact) mass is 274 g/mol. The Morgan fingerprint density at radius 3 is 2.69 bits per heavy atom. The van der Waals surface area contributed by atoms with Gasteiger partial charge in [0.2, 0.25) is 0 Å². The molecule has 0 unspecified atom stereocenters. The lowest BCUT2D eigenvalue weighted by Crippen LogP contribution is -1.83. The fourth-order valence-electron chi connectivity index (χ4n) is 2.25. The molecule has 1 aromatic rings. The van der Waals surface area contributed by atoms with Crippen LogP contribution in [0.3, 0.4) is 0 Å². The normalized spacial score (nSPS) is 16.8. The third-order valence-electron chi connectivity index (χ3n) is 2.98. The van der Waals surface area contributed by atoms with Crippen LogP contribution in [0.25, 0.3) is 11.1 Å². The molecule has 0 bridgehead atoms. The molecule has 0 aliphatic heterocycles. The van der Waals surface area contributed by atoms with E-state index in [0.717, 1.165) is 10.9 Å². The quantitative estimate of drug-likeness (QED) is 0.694. The Morgan fingerprint density at radius 1 is 1.31 bits per heavy atom. The molecule has 0 heterocycles. The Hall–Kier alpha value is -1.08. The zero-order valence-corrected chi connectivity index (χ0v) is 11.3. The van der Waals surface area contributed by atoms with E-state index >= 15 is 0 Å². The minimum atomic E-state index is 1.06. The molecule has 0 fully saturated rings. The average Bonchev–Trinajstić information content (AvgIpc) is 2.52. The van der Waals surface area contributed by atoms with E-state index in [1.54, 1.807) is 0 Å². The Labute approximate surface area is 106 Å². The molecule has 82 valence electrons. The SMILES string of the molecule is C=CC1=C(C)/C(=C\CC)c2cc(Br)ccc21. The summed E-state index contributed by atoms with van der Waals surface area (Å²) in [5, 5.41) is 0. The molecule has 2 rings (SSSR count). The molecule has 1 aliphatic carbocycles. The molecule has 0 amide bonds. The topological polar surface area (TPSA) is 0 Å². The van der Waals surface area contributed by atoms with Crippen LogP contribution in [0.2, 0.25) is 0 Å². The standard InChI is InChI=1S/C15H15Br/c1-4-6-13-10(3)12(5-2)14-8-7-11(16)9-15(13)14/h5-9H,2,4H2,1,3H3/b13-6+. The fourth-order valence-corrected chi connectivity index (χ4v) is 2.61. The first-order valence-electron chi connectivity index (χ1n) is 5.53. The van der Waals surface area contributed by atoms with E-state index in [1.165, 1.54) is 27.8 Å². The molecule has 1 aliphatic rings. The zero-order chi connectivity index (χ0) is 11.7. The largest absolute Gasteiger partial charge is 0.0984 e. The first kappa shape index (κ1) is 11.4. The second-order valence-corrected chi connectivity index (χ2v) is 4.87. The number of fused-ring (bicyclic) bond motifs is 1. The highest BCUT2D eigenvalue weighted by Gasteiger charge is 2.21. The molecule has 0 aromatic heterocycles. The Balaban J connectivity index is 2.70. The van der Waals surface area contributed by atoms with Crippen molar-refractivity contribution >= 4 is 27.1 Å². The van der Waals surface area contributed by atoms with E-state index in [2.05, 4.69) is 60.6 Å². The molecule has 0 nitrogen and oxygen atoms in total. The smallest absolute Gasteiger partial charge is 0.0181 e. The van der Waals surface area contributed by atoms with Gasteiger partial charge in [-0.25, -0.2) is 0 Å². The van der Waals surface area contributed by atoms with E-state index in [-0.39, 0.29) is 0 Å². The number of allylic oxidation sites excluding steroid dienone is 5. The van der Waals surface area contributed by atoms with Gasteiger partial charge in [0, 0.05) is 4.47 Å². The fraction of sp³-hybridized carbons (Fsp3) is 0.200. The molecular weight excluding hydrogens is 260 g/mol. The van der Waals surface area contributed by atoms with Crippen LogP contribution in [-0.4, -0.2) is 0 Å². The van der Waals surface area contributed by atoms with Gasteiger partial charge < -0.3 is 0 Å². The number of hydrogen-bond acceptors (Lipinski definition) is 0. The Bertz CT molecular complexity index is 504. The van der Waals surface area contributed by atoms with Gasteiger partial charge in [0.15, 0.2) is 0 Å². The molecule has 16 heavy (non-hydrogen) atoms. The molecule has 0 spiro atoms. The van der Waals surface area contributed by atoms with Crippen molar-refractivity contribution in [3.8, 4) is 0 Å². The van der Waals surface area contributed by atoms with Crippen molar-refractivity contribution in [1.29, 1.82) is 0 Å². The van der Waals surface area contributed by atoms with E-state index in [4.69, 9.17) is 0 Å². The summed E-state index contributed by atoms with van der Waals surface area (Å²) in [6.07, 6.45) is 5.30. The predicted molar refractivity (Wildman–Crippen MR) is 75.2 cm³/mol. The van der Waals surface area contributed by atoms with Gasteiger partial charge >= 0.3 is 0 Å². The number of halogens is 1. The van der Waals surface area contributed by atoms with Crippen molar-refractivity contribution in [2.24, 2.45) is 0 Å². The van der Waals surface area contributed by atoms with Crippen LogP contribution in [0.4, 0.5) is 0 Å². The van der Waals surface area contributed by atoms with E-state index in [9.17, 15) is 0 Å². The van der Waals surface area contributed by atoms with Gasteiger partial charge in [0.1, 0.15) is 0 Å². The third-order valence-corrected chi connectivity index (χ3v) is 3.48. The molecule has 0 saturated heterocycles. The van der Waals surface area contributed by atoms with Gasteiger partial charge in [-0.3, -0.25) is 0 Å². The predicted octanol–water partition coefficient (Wildman–Crippen LogP) is 5.22. The van der Waals surface area contributed by atoms with Gasteiger partial charge in [-0.15, -0.1) is 0 Å². The van der Waals surface area contributed by atoms with Crippen molar-refractivity contribution in [2.75, 3.05) is 0 Å². The summed E-state index contributed by atoms with van der Waals surface area (Å²) in [6.45, 7) is 8.26. The Morgan fingerprint density at radius 2 is 2.06 bits per heavy atom. The number of rotatable bonds is 2. The lowest BCUT2D eigenvalue weighted by molar-refractivity contribution is 1.22. The first-order chi connectivity index (χ1) is 7.69. The van der Waals surface area contributed by atoms with E-state index in [0.29, 0.717) is 0 Å².